The molecule has 0 saturated carbocycles. The fourth-order valence-electron chi connectivity index (χ4n) is 3.73. The molecule has 1 fully saturated rings. The predicted octanol–water partition coefficient (Wildman–Crippen LogP) is -2.23. The van der Waals surface area contributed by atoms with Crippen LogP contribution in [0.25, 0.3) is 0 Å². The molecular weight excluding hydrogens is 364 g/mol. The lowest BCUT2D eigenvalue weighted by Crippen LogP contribution is -2.60. The zero-order chi connectivity index (χ0) is 19.7. The van der Waals surface area contributed by atoms with Crippen LogP contribution in [-0.2, 0) is 23.7 Å². The minimum absolute atomic E-state index is 0.270. The smallest absolute Gasteiger partial charge is 0.337 e. The van der Waals surface area contributed by atoms with Crippen LogP contribution in [0.3, 0.4) is 0 Å². The monoisotopic (exact) mass is 388 g/mol. The summed E-state index contributed by atoms with van der Waals surface area (Å²) >= 11 is 0. The number of ether oxygens (including phenoxy) is 4. The summed E-state index contributed by atoms with van der Waals surface area (Å²) in [4.78, 5) is 12.0. The van der Waals surface area contributed by atoms with Crippen LogP contribution in [-0.4, -0.2) is 88.8 Å². The van der Waals surface area contributed by atoms with Crippen LogP contribution in [0.4, 0.5) is 0 Å². The van der Waals surface area contributed by atoms with Gasteiger partial charge in [0.25, 0.3) is 0 Å². The summed E-state index contributed by atoms with van der Waals surface area (Å²) in [6.45, 7) is -0.857. The van der Waals surface area contributed by atoms with Gasteiger partial charge in [-0.05, 0) is 12.0 Å². The molecule has 27 heavy (non-hydrogen) atoms. The topological polar surface area (TPSA) is 155 Å². The number of rotatable bonds is 5. The van der Waals surface area contributed by atoms with Gasteiger partial charge in [-0.2, -0.15) is 0 Å². The van der Waals surface area contributed by atoms with E-state index in [1.54, 1.807) is 6.08 Å². The first-order valence-electron chi connectivity index (χ1n) is 8.62. The molecule has 1 saturated heterocycles. The molecule has 0 aromatic heterocycles. The number of allylic oxidation sites excluding steroid dienone is 1. The summed E-state index contributed by atoms with van der Waals surface area (Å²) in [6.07, 6.45) is -4.73. The van der Waals surface area contributed by atoms with Gasteiger partial charge in [0.05, 0.1) is 38.1 Å². The van der Waals surface area contributed by atoms with Gasteiger partial charge < -0.3 is 44.5 Å². The van der Waals surface area contributed by atoms with Gasteiger partial charge in [0.1, 0.15) is 24.4 Å². The molecule has 2 heterocycles. The van der Waals surface area contributed by atoms with Gasteiger partial charge >= 0.3 is 5.97 Å². The molecule has 0 radical (unpaired) electrons. The molecule has 0 aromatic carbocycles. The van der Waals surface area contributed by atoms with Crippen molar-refractivity contribution in [2.45, 2.75) is 43.4 Å². The first-order chi connectivity index (χ1) is 12.9. The van der Waals surface area contributed by atoms with Crippen LogP contribution in [0, 0.1) is 11.8 Å². The van der Waals surface area contributed by atoms with E-state index in [-0.39, 0.29) is 12.5 Å². The zero-order valence-electron chi connectivity index (χ0n) is 14.7. The Bertz CT molecular complexity index is 615. The average molecular weight is 388 g/mol. The molecule has 10 nitrogen and oxygen atoms in total. The molecule has 3 rings (SSSR count). The second-order valence-electron chi connectivity index (χ2n) is 6.71. The van der Waals surface area contributed by atoms with Crippen molar-refractivity contribution < 1.29 is 49.3 Å². The molecule has 8 atom stereocenters. The van der Waals surface area contributed by atoms with Crippen molar-refractivity contribution in [3.8, 4) is 0 Å². The fraction of sp³-hybridized carbons (Fsp3) is 0.706. The van der Waals surface area contributed by atoms with Crippen molar-refractivity contribution in [3.63, 3.8) is 0 Å². The first-order valence-corrected chi connectivity index (χ1v) is 8.62. The quantitative estimate of drug-likeness (QED) is 0.258. The number of hydrogen-bond acceptors (Lipinski definition) is 10. The average Bonchev–Trinajstić information content (AvgIpc) is 3.12. The third kappa shape index (κ3) is 3.61. The van der Waals surface area contributed by atoms with Gasteiger partial charge in [0.2, 0.25) is 6.29 Å². The van der Waals surface area contributed by atoms with Crippen molar-refractivity contribution in [3.05, 3.63) is 23.5 Å². The lowest BCUT2D eigenvalue weighted by Gasteiger charge is -2.42. The predicted molar refractivity (Wildman–Crippen MR) is 86.6 cm³/mol. The number of carbonyl (C=O) groups is 1. The van der Waals surface area contributed by atoms with E-state index in [1.807, 2.05) is 0 Å². The Morgan fingerprint density at radius 1 is 1.19 bits per heavy atom. The molecule has 0 aromatic rings. The number of fused-ring (bicyclic) bond motifs is 1. The maximum Gasteiger partial charge on any atom is 0.337 e. The highest BCUT2D eigenvalue weighted by Gasteiger charge is 2.49. The van der Waals surface area contributed by atoms with Crippen molar-refractivity contribution in [1.82, 2.24) is 0 Å². The maximum absolute atomic E-state index is 12.0. The van der Waals surface area contributed by atoms with E-state index in [0.717, 1.165) is 0 Å². The van der Waals surface area contributed by atoms with E-state index < -0.39 is 55.5 Å². The summed E-state index contributed by atoms with van der Waals surface area (Å²) in [6, 6.07) is 0. The molecule has 2 aliphatic heterocycles. The largest absolute Gasteiger partial charge is 0.471 e. The highest BCUT2D eigenvalue weighted by atomic mass is 16.8. The SMILES string of the molecule is COC(=O)C1=CO[C@H](O[C@H]2O[C@H](CO)[C@H](O)[C@H](O)[C@@H]2O)[C@H]2C(CO)=CC[C@@H]12. The Labute approximate surface area is 155 Å². The Kier molecular flexibility index (Phi) is 6.16. The Morgan fingerprint density at radius 2 is 1.93 bits per heavy atom. The second kappa shape index (κ2) is 8.23. The number of methoxy groups -OCH3 is 1. The first kappa shape index (κ1) is 20.2. The van der Waals surface area contributed by atoms with Crippen molar-refractivity contribution >= 4 is 5.97 Å². The minimum Gasteiger partial charge on any atom is -0.471 e. The van der Waals surface area contributed by atoms with Gasteiger partial charge in [-0.1, -0.05) is 6.08 Å². The summed E-state index contributed by atoms with van der Waals surface area (Å²) in [5.74, 6) is -1.42. The molecule has 0 unspecified atom stereocenters. The number of hydrogen-bond donors (Lipinski definition) is 5. The normalized spacial score (nSPS) is 41.3. The van der Waals surface area contributed by atoms with Gasteiger partial charge in [-0.25, -0.2) is 4.79 Å². The third-order valence-corrected chi connectivity index (χ3v) is 5.24. The molecule has 152 valence electrons. The van der Waals surface area contributed by atoms with Crippen molar-refractivity contribution in [2.75, 3.05) is 20.3 Å². The van der Waals surface area contributed by atoms with E-state index in [9.17, 15) is 30.3 Å². The van der Waals surface area contributed by atoms with E-state index >= 15 is 0 Å². The minimum atomic E-state index is -1.59. The van der Waals surface area contributed by atoms with Crippen LogP contribution in [0.15, 0.2) is 23.5 Å². The highest BCUT2D eigenvalue weighted by Crippen LogP contribution is 2.44. The summed E-state index contributed by atoms with van der Waals surface area (Å²) in [5, 5.41) is 48.8. The summed E-state index contributed by atoms with van der Waals surface area (Å²) in [5.41, 5.74) is 0.903. The maximum atomic E-state index is 12.0. The lowest BCUT2D eigenvalue weighted by atomic mass is 9.83. The van der Waals surface area contributed by atoms with E-state index in [2.05, 4.69) is 0 Å². The highest BCUT2D eigenvalue weighted by molar-refractivity contribution is 5.89. The van der Waals surface area contributed by atoms with Crippen LogP contribution < -0.4 is 0 Å². The molecule has 10 heteroatoms. The molecule has 1 aliphatic carbocycles. The van der Waals surface area contributed by atoms with Crippen LogP contribution in [0.2, 0.25) is 0 Å². The van der Waals surface area contributed by atoms with Crippen molar-refractivity contribution in [2.24, 2.45) is 11.8 Å². The van der Waals surface area contributed by atoms with Gasteiger partial charge in [0.15, 0.2) is 6.29 Å². The number of carbonyl (C=O) groups excluding carboxylic acids is 1. The Hall–Kier alpha value is -1.53. The fourth-order valence-corrected chi connectivity index (χ4v) is 3.73. The Morgan fingerprint density at radius 3 is 2.56 bits per heavy atom. The molecule has 5 N–H and O–H groups in total. The number of aliphatic hydroxyl groups is 5. The number of esters is 1. The van der Waals surface area contributed by atoms with Gasteiger partial charge in [-0.3, -0.25) is 0 Å². The second-order valence-corrected chi connectivity index (χ2v) is 6.71. The van der Waals surface area contributed by atoms with Crippen LogP contribution >= 0.6 is 0 Å². The molecule has 3 aliphatic rings. The number of aliphatic hydroxyl groups excluding tert-OH is 5. The molecular formula is C17H24O10. The summed E-state index contributed by atoms with van der Waals surface area (Å²) < 4.78 is 21.3. The molecule has 0 amide bonds. The molecule has 0 spiro atoms. The van der Waals surface area contributed by atoms with Crippen LogP contribution in [0.1, 0.15) is 6.42 Å². The lowest BCUT2D eigenvalue weighted by molar-refractivity contribution is -0.339. The third-order valence-electron chi connectivity index (χ3n) is 5.24. The van der Waals surface area contributed by atoms with Crippen LogP contribution in [0.5, 0.6) is 0 Å². The van der Waals surface area contributed by atoms with E-state index in [1.165, 1.54) is 13.4 Å². The zero-order valence-corrected chi connectivity index (χ0v) is 14.7. The Balaban J connectivity index is 1.80. The summed E-state index contributed by atoms with van der Waals surface area (Å²) in [7, 11) is 1.25. The van der Waals surface area contributed by atoms with Gasteiger partial charge in [-0.15, -0.1) is 0 Å². The standard InChI is InChI=1S/C17H24O10/c1-24-15(23)9-6-25-16(11-7(4-18)2-3-8(9)11)27-17-14(22)13(21)12(20)10(5-19)26-17/h2,6,8,10-14,16-22H,3-5H2,1H3/t8-,10+,11-,12-,13-,14-,16+,17+/m0/s1. The van der Waals surface area contributed by atoms with E-state index in [4.69, 9.17) is 18.9 Å². The molecule has 0 bridgehead atoms. The van der Waals surface area contributed by atoms with Gasteiger partial charge in [0, 0.05) is 5.92 Å². The van der Waals surface area contributed by atoms with Crippen molar-refractivity contribution in [1.29, 1.82) is 0 Å². The van der Waals surface area contributed by atoms with E-state index in [0.29, 0.717) is 17.6 Å².